The van der Waals surface area contributed by atoms with E-state index >= 15 is 4.79 Å². The van der Waals surface area contributed by atoms with Gasteiger partial charge in [-0.25, -0.2) is 0 Å². The summed E-state index contributed by atoms with van der Waals surface area (Å²) >= 11 is 0. The van der Waals surface area contributed by atoms with Crippen LogP contribution in [0.2, 0.25) is 0 Å². The Balaban J connectivity index is 1.34. The zero-order valence-corrected chi connectivity index (χ0v) is 22.3. The monoisotopic (exact) mass is 506 g/mol. The van der Waals surface area contributed by atoms with Crippen LogP contribution in [0.3, 0.4) is 0 Å². The number of carbonyl (C=O) groups is 2. The predicted octanol–water partition coefficient (Wildman–Crippen LogP) is 2.38. The van der Waals surface area contributed by atoms with E-state index in [4.69, 9.17) is 33.2 Å². The van der Waals surface area contributed by atoms with Crippen LogP contribution < -0.4 is 0 Å². The number of hydrogen-bond donors (Lipinski definition) is 0. The predicted molar refractivity (Wildman–Crippen MR) is 123 cm³/mol. The summed E-state index contributed by atoms with van der Waals surface area (Å²) in [5, 5.41) is 0. The van der Waals surface area contributed by atoms with Crippen LogP contribution in [-0.4, -0.2) is 79.3 Å². The van der Waals surface area contributed by atoms with Gasteiger partial charge in [0.15, 0.2) is 23.0 Å². The molecule has 3 saturated carbocycles. The summed E-state index contributed by atoms with van der Waals surface area (Å²) in [6.07, 6.45) is -0.236. The molecule has 36 heavy (non-hydrogen) atoms. The van der Waals surface area contributed by atoms with Gasteiger partial charge in [0.25, 0.3) is 0 Å². The number of esters is 1. The van der Waals surface area contributed by atoms with Gasteiger partial charge in [0.2, 0.25) is 0 Å². The number of rotatable bonds is 3. The van der Waals surface area contributed by atoms with Crippen LogP contribution in [0, 0.1) is 28.1 Å². The van der Waals surface area contributed by atoms with Crippen molar-refractivity contribution in [1.29, 1.82) is 0 Å². The first-order valence-corrected chi connectivity index (χ1v) is 13.4. The molecule has 7 aliphatic rings. The average molecular weight is 507 g/mol. The van der Waals surface area contributed by atoms with Gasteiger partial charge in [0.1, 0.15) is 18.3 Å². The van der Waals surface area contributed by atoms with E-state index in [2.05, 4.69) is 20.8 Å². The molecule has 4 aliphatic heterocycles. The minimum atomic E-state index is -1.03. The highest BCUT2D eigenvalue weighted by molar-refractivity contribution is 6.01. The van der Waals surface area contributed by atoms with Gasteiger partial charge in [0.05, 0.1) is 37.4 Å². The summed E-state index contributed by atoms with van der Waals surface area (Å²) in [7, 11) is 0. The van der Waals surface area contributed by atoms with Crippen molar-refractivity contribution in [3.05, 3.63) is 0 Å². The summed E-state index contributed by atoms with van der Waals surface area (Å²) in [4.78, 5) is 27.4. The van der Waals surface area contributed by atoms with Crippen molar-refractivity contribution in [1.82, 2.24) is 0 Å². The summed E-state index contributed by atoms with van der Waals surface area (Å²) in [5.41, 5.74) is -2.91. The molecule has 2 spiro atoms. The van der Waals surface area contributed by atoms with Crippen LogP contribution in [0.1, 0.15) is 61.3 Å². The Morgan fingerprint density at radius 2 is 1.69 bits per heavy atom. The van der Waals surface area contributed by atoms with Gasteiger partial charge in [-0.05, 0) is 27.2 Å². The highest BCUT2D eigenvalue weighted by atomic mass is 16.7. The Labute approximate surface area is 211 Å². The topological polar surface area (TPSA) is 105 Å². The van der Waals surface area contributed by atoms with Gasteiger partial charge < -0.3 is 33.2 Å². The molecule has 7 fully saturated rings. The van der Waals surface area contributed by atoms with Crippen LogP contribution in [0.25, 0.3) is 0 Å². The summed E-state index contributed by atoms with van der Waals surface area (Å²) in [6.45, 7) is 14.9. The van der Waals surface area contributed by atoms with E-state index in [1.807, 2.05) is 20.8 Å². The normalized spacial score (nSPS) is 54.4. The van der Waals surface area contributed by atoms with Crippen molar-refractivity contribution >= 4 is 11.8 Å². The van der Waals surface area contributed by atoms with E-state index in [1.54, 1.807) is 0 Å². The standard InChI is InChI=1S/C27H38O9/c1-13(28)33-15-10-22(2,3)27(16(35-27)11-24(6)30-8-9-31-24)21(29)26-14-12-32-23(4,5)36-17(14)18-20(34-18)25(26,7)19(15)26/h14-20H,8-12H2,1-7H3/t14-,15+,16-,17-,18-,19?,20-,25-,26?,27-/m1/s1. The fourth-order valence-corrected chi connectivity index (χ4v) is 9.25. The molecule has 4 heterocycles. The third-order valence-electron chi connectivity index (χ3n) is 10.7. The summed E-state index contributed by atoms with van der Waals surface area (Å²) in [5.74, 6) is -2.17. The van der Waals surface area contributed by atoms with Crippen LogP contribution in [0.15, 0.2) is 0 Å². The second-order valence-electron chi connectivity index (χ2n) is 13.5. The highest BCUT2D eigenvalue weighted by Gasteiger charge is 2.97. The molecule has 0 radical (unpaired) electrons. The van der Waals surface area contributed by atoms with Crippen molar-refractivity contribution < 1.29 is 42.7 Å². The molecule has 200 valence electrons. The van der Waals surface area contributed by atoms with Crippen molar-refractivity contribution in [2.45, 2.75) is 109 Å². The molecular weight excluding hydrogens is 468 g/mol. The average Bonchev–Trinajstić information content (AvgIpc) is 3.67. The van der Waals surface area contributed by atoms with Gasteiger partial charge in [-0.2, -0.15) is 0 Å². The zero-order valence-electron chi connectivity index (χ0n) is 22.3. The number of carbonyl (C=O) groups excluding carboxylic acids is 2. The fourth-order valence-electron chi connectivity index (χ4n) is 9.25. The van der Waals surface area contributed by atoms with E-state index in [-0.39, 0.29) is 48.0 Å². The smallest absolute Gasteiger partial charge is 0.302 e. The molecule has 0 aromatic heterocycles. The van der Waals surface area contributed by atoms with Crippen LogP contribution in [0.4, 0.5) is 0 Å². The van der Waals surface area contributed by atoms with E-state index < -0.39 is 39.5 Å². The van der Waals surface area contributed by atoms with Crippen molar-refractivity contribution in [2.75, 3.05) is 19.8 Å². The van der Waals surface area contributed by atoms with Gasteiger partial charge in [-0.1, -0.05) is 20.8 Å². The van der Waals surface area contributed by atoms with Crippen LogP contribution in [0.5, 0.6) is 0 Å². The SMILES string of the molecule is CC(=O)O[C@H]1CC(C)(C)[C@]2(O[C@@H]2CC2(C)OCCO2)C(=O)C23C1[C@]2(C)[C@@H]1O[C@@H]1[C@@H]1OC(C)(C)OC[C@H]13. The maximum atomic E-state index is 15.1. The van der Waals surface area contributed by atoms with Crippen molar-refractivity contribution in [3.8, 4) is 0 Å². The Morgan fingerprint density at radius 3 is 2.36 bits per heavy atom. The Bertz CT molecular complexity index is 1030. The third kappa shape index (κ3) is 2.67. The molecule has 4 saturated heterocycles. The molecule has 10 atom stereocenters. The number of hydrogen-bond acceptors (Lipinski definition) is 9. The molecule has 9 nitrogen and oxygen atoms in total. The first-order valence-electron chi connectivity index (χ1n) is 13.4. The first kappa shape index (κ1) is 24.0. The maximum absolute atomic E-state index is 15.1. The Hall–Kier alpha value is -1.10. The van der Waals surface area contributed by atoms with Gasteiger partial charge in [-0.3, -0.25) is 9.59 Å². The molecule has 0 aromatic carbocycles. The molecule has 0 bridgehead atoms. The molecule has 9 heteroatoms. The minimum absolute atomic E-state index is 0.0782. The molecule has 0 N–H and O–H groups in total. The van der Waals surface area contributed by atoms with Crippen molar-refractivity contribution in [2.24, 2.45) is 28.1 Å². The quantitative estimate of drug-likeness (QED) is 0.421. The van der Waals surface area contributed by atoms with E-state index in [1.165, 1.54) is 6.92 Å². The van der Waals surface area contributed by atoms with E-state index in [0.717, 1.165) is 0 Å². The zero-order chi connectivity index (χ0) is 25.7. The lowest BCUT2D eigenvalue weighted by atomic mass is 9.61. The summed E-state index contributed by atoms with van der Waals surface area (Å²) in [6, 6.07) is 0. The van der Waals surface area contributed by atoms with E-state index in [0.29, 0.717) is 32.7 Å². The number of Topliss-reactive ketones (excluding diaryl/α,β-unsaturated/α-hetero) is 1. The van der Waals surface area contributed by atoms with Gasteiger partial charge >= 0.3 is 5.97 Å². The lowest BCUT2D eigenvalue weighted by molar-refractivity contribution is -0.306. The van der Waals surface area contributed by atoms with E-state index in [9.17, 15) is 4.79 Å². The number of epoxide rings is 2. The lowest BCUT2D eigenvalue weighted by Crippen LogP contribution is -2.60. The van der Waals surface area contributed by atoms with Crippen molar-refractivity contribution in [3.63, 3.8) is 0 Å². The lowest BCUT2D eigenvalue weighted by Gasteiger charge is -2.47. The largest absolute Gasteiger partial charge is 0.462 e. The minimum Gasteiger partial charge on any atom is -0.462 e. The molecular formula is C27H38O9. The number of ketones is 1. The molecule has 0 amide bonds. The number of ether oxygens (including phenoxy) is 7. The Morgan fingerprint density at radius 1 is 1.00 bits per heavy atom. The van der Waals surface area contributed by atoms with Gasteiger partial charge in [-0.15, -0.1) is 0 Å². The number of fused-ring (bicyclic) bond motifs is 5. The maximum Gasteiger partial charge on any atom is 0.302 e. The Kier molecular flexibility index (Phi) is 4.47. The third-order valence-corrected chi connectivity index (χ3v) is 10.7. The molecule has 2 unspecified atom stereocenters. The second-order valence-corrected chi connectivity index (χ2v) is 13.5. The van der Waals surface area contributed by atoms with Crippen LogP contribution in [-0.2, 0) is 42.7 Å². The fraction of sp³-hybridized carbons (Fsp3) is 0.926. The molecule has 7 rings (SSSR count). The summed E-state index contributed by atoms with van der Waals surface area (Å²) < 4.78 is 43.2. The second kappa shape index (κ2) is 6.72. The molecule has 3 aliphatic carbocycles. The highest BCUT2D eigenvalue weighted by Crippen LogP contribution is 2.86. The molecule has 0 aromatic rings. The van der Waals surface area contributed by atoms with Crippen LogP contribution >= 0.6 is 0 Å². The van der Waals surface area contributed by atoms with Gasteiger partial charge in [0, 0.05) is 36.0 Å². The first-order chi connectivity index (χ1) is 16.7.